The van der Waals surface area contributed by atoms with Gasteiger partial charge < -0.3 is 10.5 Å². The molecule has 0 bridgehead atoms. The van der Waals surface area contributed by atoms with Crippen molar-refractivity contribution in [3.63, 3.8) is 0 Å². The predicted molar refractivity (Wildman–Crippen MR) is 139 cm³/mol. The molecule has 33 heavy (non-hydrogen) atoms. The summed E-state index contributed by atoms with van der Waals surface area (Å²) < 4.78 is 5.82. The summed E-state index contributed by atoms with van der Waals surface area (Å²) >= 11 is 0. The van der Waals surface area contributed by atoms with Gasteiger partial charge in [0.05, 0.1) is 6.10 Å². The molecule has 3 fully saturated rings. The summed E-state index contributed by atoms with van der Waals surface area (Å²) in [5, 5.41) is 0. The number of rotatable bonds is 8. The van der Waals surface area contributed by atoms with E-state index in [1.54, 1.807) is 5.57 Å². The third kappa shape index (κ3) is 5.54. The highest BCUT2D eigenvalue weighted by Gasteiger charge is 2.58. The molecule has 4 rings (SSSR count). The van der Waals surface area contributed by atoms with E-state index in [1.165, 1.54) is 64.2 Å². The molecule has 3 saturated carbocycles. The molecule has 0 aromatic carbocycles. The van der Waals surface area contributed by atoms with Crippen LogP contribution >= 0.6 is 0 Å². The van der Waals surface area contributed by atoms with Crippen LogP contribution in [0.2, 0.25) is 0 Å². The second kappa shape index (κ2) is 11.3. The third-order valence-electron chi connectivity index (χ3n) is 10.3. The Labute approximate surface area is 204 Å². The van der Waals surface area contributed by atoms with Crippen LogP contribution < -0.4 is 5.73 Å². The van der Waals surface area contributed by atoms with Crippen LogP contribution in [-0.4, -0.2) is 18.6 Å². The number of carbonyl (C=O) groups is 1. The molecule has 0 aromatic rings. The number of hydrogen-bond donors (Lipinski definition) is 1. The zero-order chi connectivity index (χ0) is 24.2. The van der Waals surface area contributed by atoms with Crippen molar-refractivity contribution in [2.75, 3.05) is 6.61 Å². The molecular formula is C30H53NO2. The fourth-order valence-electron chi connectivity index (χ4n) is 8.50. The first-order valence-electron chi connectivity index (χ1n) is 14.3. The summed E-state index contributed by atoms with van der Waals surface area (Å²) in [6.07, 6.45) is 18.9. The van der Waals surface area contributed by atoms with Gasteiger partial charge in [-0.25, -0.2) is 0 Å². The van der Waals surface area contributed by atoms with E-state index in [9.17, 15) is 4.79 Å². The number of nitrogens with two attached hydrogens (primary N) is 1. The molecule has 0 saturated heterocycles. The Kier molecular flexibility index (Phi) is 9.14. The van der Waals surface area contributed by atoms with Crippen molar-refractivity contribution in [2.24, 2.45) is 46.2 Å². The molecule has 0 radical (unpaired) electrons. The van der Waals surface area contributed by atoms with Crippen molar-refractivity contribution in [3.05, 3.63) is 11.6 Å². The lowest BCUT2D eigenvalue weighted by atomic mass is 9.47. The lowest BCUT2D eigenvalue weighted by Crippen LogP contribution is -2.50. The van der Waals surface area contributed by atoms with Crippen molar-refractivity contribution >= 4 is 5.91 Å². The second-order valence-electron chi connectivity index (χ2n) is 12.4. The van der Waals surface area contributed by atoms with Crippen molar-refractivity contribution < 1.29 is 9.53 Å². The van der Waals surface area contributed by atoms with Crippen LogP contribution in [0.15, 0.2) is 11.6 Å². The summed E-state index contributed by atoms with van der Waals surface area (Å²) in [4.78, 5) is 11.1. The molecule has 0 spiro atoms. The minimum atomic E-state index is -0.349. The van der Waals surface area contributed by atoms with Gasteiger partial charge in [0.15, 0.2) is 0 Å². The number of amides is 1. The van der Waals surface area contributed by atoms with E-state index in [2.05, 4.69) is 33.8 Å². The summed E-state index contributed by atoms with van der Waals surface area (Å²) in [5.74, 6) is 4.13. The Balaban J connectivity index is 0.00000149. The SMILES string of the molecule is CC.CC(C)CCCCC1CCC2C3CC=C4CC(OCC(N)=O)CCC4(C)C3CCC12C. The Bertz CT molecular complexity index is 685. The standard InChI is InChI=1S/C28H47NO2.C2H6/c1-19(2)7-5-6-8-20-10-12-24-23-11-9-21-17-22(31-18-26(29)30)13-15-28(21,4)25(23)14-16-27(20,24)3;1-2/h9,19-20,22-25H,5-8,10-18H2,1-4H3,(H2,29,30);1-2H3. The maximum absolute atomic E-state index is 11.1. The van der Waals surface area contributed by atoms with E-state index in [0.29, 0.717) is 10.8 Å². The number of carbonyl (C=O) groups excluding carboxylic acids is 1. The number of primary amides is 1. The second-order valence-corrected chi connectivity index (χ2v) is 12.4. The average molecular weight is 460 g/mol. The predicted octanol–water partition coefficient (Wildman–Crippen LogP) is 7.68. The van der Waals surface area contributed by atoms with Crippen molar-refractivity contribution in [2.45, 2.75) is 125 Å². The Morgan fingerprint density at radius 2 is 1.85 bits per heavy atom. The number of hydrogen-bond acceptors (Lipinski definition) is 2. The highest BCUT2D eigenvalue weighted by Crippen LogP contribution is 2.66. The number of unbranched alkanes of at least 4 members (excludes halogenated alkanes) is 1. The first-order chi connectivity index (χ1) is 15.7. The molecule has 1 amide bonds. The lowest BCUT2D eigenvalue weighted by Gasteiger charge is -2.58. The van der Waals surface area contributed by atoms with Gasteiger partial charge in [-0.15, -0.1) is 0 Å². The Hall–Kier alpha value is -0.830. The maximum Gasteiger partial charge on any atom is 0.243 e. The van der Waals surface area contributed by atoms with Crippen LogP contribution in [0.1, 0.15) is 119 Å². The fraction of sp³-hybridized carbons (Fsp3) is 0.900. The summed E-state index contributed by atoms with van der Waals surface area (Å²) in [7, 11) is 0. The molecule has 3 nitrogen and oxygen atoms in total. The van der Waals surface area contributed by atoms with E-state index in [4.69, 9.17) is 10.5 Å². The van der Waals surface area contributed by atoms with Gasteiger partial charge in [0.25, 0.3) is 0 Å². The average Bonchev–Trinajstić information content (AvgIpc) is 3.12. The van der Waals surface area contributed by atoms with Gasteiger partial charge in [0.2, 0.25) is 5.91 Å². The Morgan fingerprint density at radius 1 is 1.09 bits per heavy atom. The zero-order valence-electron chi connectivity index (χ0n) is 22.6. The molecule has 7 unspecified atom stereocenters. The topological polar surface area (TPSA) is 52.3 Å². The van der Waals surface area contributed by atoms with Gasteiger partial charge in [-0.05, 0) is 98.2 Å². The zero-order valence-corrected chi connectivity index (χ0v) is 22.6. The number of fused-ring (bicyclic) bond motifs is 5. The van der Waals surface area contributed by atoms with Gasteiger partial charge >= 0.3 is 0 Å². The molecule has 190 valence electrons. The van der Waals surface area contributed by atoms with Gasteiger partial charge in [-0.3, -0.25) is 4.79 Å². The smallest absolute Gasteiger partial charge is 0.243 e. The van der Waals surface area contributed by atoms with Crippen molar-refractivity contribution in [3.8, 4) is 0 Å². The van der Waals surface area contributed by atoms with Crippen molar-refractivity contribution in [1.29, 1.82) is 0 Å². The Morgan fingerprint density at radius 3 is 2.55 bits per heavy atom. The molecule has 2 N–H and O–H groups in total. The third-order valence-corrected chi connectivity index (χ3v) is 10.3. The first kappa shape index (κ1) is 26.8. The molecule has 0 aliphatic heterocycles. The van der Waals surface area contributed by atoms with Gasteiger partial charge in [-0.2, -0.15) is 0 Å². The monoisotopic (exact) mass is 459 g/mol. The van der Waals surface area contributed by atoms with Gasteiger partial charge in [-0.1, -0.05) is 72.5 Å². The quantitative estimate of drug-likeness (QED) is 0.299. The molecular weight excluding hydrogens is 406 g/mol. The largest absolute Gasteiger partial charge is 0.368 e. The van der Waals surface area contributed by atoms with Crippen LogP contribution in [0.4, 0.5) is 0 Å². The van der Waals surface area contributed by atoms with Crippen LogP contribution in [0.5, 0.6) is 0 Å². The maximum atomic E-state index is 11.1. The molecule has 4 aliphatic rings. The van der Waals surface area contributed by atoms with Crippen LogP contribution in [0.25, 0.3) is 0 Å². The highest BCUT2D eigenvalue weighted by molar-refractivity contribution is 5.75. The molecule has 0 heterocycles. The number of ether oxygens (including phenoxy) is 1. The van der Waals surface area contributed by atoms with E-state index >= 15 is 0 Å². The van der Waals surface area contributed by atoms with E-state index < -0.39 is 0 Å². The molecule has 3 heteroatoms. The number of allylic oxidation sites excluding steroid dienone is 1. The van der Waals surface area contributed by atoms with E-state index in [0.717, 1.165) is 42.4 Å². The van der Waals surface area contributed by atoms with Gasteiger partial charge in [0.1, 0.15) is 6.61 Å². The van der Waals surface area contributed by atoms with Gasteiger partial charge in [0, 0.05) is 0 Å². The van der Waals surface area contributed by atoms with Crippen molar-refractivity contribution in [1.82, 2.24) is 0 Å². The molecule has 4 aliphatic carbocycles. The van der Waals surface area contributed by atoms with E-state index in [1.807, 2.05) is 13.8 Å². The lowest BCUT2D eigenvalue weighted by molar-refractivity contribution is -0.125. The summed E-state index contributed by atoms with van der Waals surface area (Å²) in [5.41, 5.74) is 7.87. The van der Waals surface area contributed by atoms with Crippen LogP contribution in [0, 0.1) is 40.4 Å². The van der Waals surface area contributed by atoms with E-state index in [-0.39, 0.29) is 18.6 Å². The van der Waals surface area contributed by atoms with Crippen LogP contribution in [-0.2, 0) is 9.53 Å². The fourth-order valence-corrected chi connectivity index (χ4v) is 8.50. The van der Waals surface area contributed by atoms with Crippen LogP contribution in [0.3, 0.4) is 0 Å². The minimum absolute atomic E-state index is 0.0691. The summed E-state index contributed by atoms with van der Waals surface area (Å²) in [6, 6.07) is 0. The highest BCUT2D eigenvalue weighted by atomic mass is 16.5. The molecule has 7 atom stereocenters. The summed E-state index contributed by atoms with van der Waals surface area (Å²) in [6.45, 7) is 14.0. The normalized spacial score (nSPS) is 39.6. The minimum Gasteiger partial charge on any atom is -0.368 e. The molecule has 0 aromatic heterocycles. The first-order valence-corrected chi connectivity index (χ1v) is 14.3.